The van der Waals surface area contributed by atoms with Gasteiger partial charge in [0, 0.05) is 0 Å². The summed E-state index contributed by atoms with van der Waals surface area (Å²) in [5.41, 5.74) is 0. The molecule has 0 aliphatic heterocycles. The van der Waals surface area contributed by atoms with E-state index >= 15 is 0 Å². The van der Waals surface area contributed by atoms with Crippen molar-refractivity contribution in [2.75, 3.05) is 0 Å². The van der Waals surface area contributed by atoms with Crippen LogP contribution in [0, 0.1) is 0 Å². The molecule has 146 valence electrons. The van der Waals surface area contributed by atoms with Crippen LogP contribution in [0.5, 0.6) is 0 Å². The van der Waals surface area contributed by atoms with Crippen molar-refractivity contribution in [3.8, 4) is 0 Å². The van der Waals surface area contributed by atoms with E-state index in [-0.39, 0.29) is 0 Å². The van der Waals surface area contributed by atoms with Crippen molar-refractivity contribution < 1.29 is 0 Å². The molecule has 0 radical (unpaired) electrons. The van der Waals surface area contributed by atoms with Crippen LogP contribution >= 0.6 is 43.0 Å². The summed E-state index contributed by atoms with van der Waals surface area (Å²) >= 11 is 15.0. The van der Waals surface area contributed by atoms with Crippen LogP contribution in [-0.2, 0) is 0 Å². The van der Waals surface area contributed by atoms with Gasteiger partial charge in [0.15, 0.2) is 0 Å². The fraction of sp³-hybridized carbons (Fsp3) is 0. The third kappa shape index (κ3) is 4.75. The molecule has 0 saturated carbocycles. The minimum absolute atomic E-state index is 1.04. The Hall–Kier alpha value is -1.25. The van der Waals surface area contributed by atoms with Crippen molar-refractivity contribution in [3.63, 3.8) is 0 Å². The van der Waals surface area contributed by atoms with E-state index in [1.54, 1.807) is 0 Å². The molecule has 4 aromatic rings. The molecule has 0 fully saturated rings. The number of rotatable bonds is 6. The summed E-state index contributed by atoms with van der Waals surface area (Å²) in [5, 5.41) is 0.0418. The number of benzene rings is 4. The van der Waals surface area contributed by atoms with Crippen molar-refractivity contribution >= 4 is 64.2 Å². The monoisotopic (exact) mass is 473 g/mol. The second-order valence-corrected chi connectivity index (χ2v) is 24.0. The zero-order chi connectivity index (χ0) is 21.1. The average Bonchev–Trinajstić information content (AvgIpc) is 2.76. The molecule has 0 heterocycles. The number of halogens is 2. The second-order valence-electron chi connectivity index (χ2n) is 6.42. The summed E-state index contributed by atoms with van der Waals surface area (Å²) in [4.78, 5) is 0. The van der Waals surface area contributed by atoms with Crippen LogP contribution < -0.4 is 21.2 Å². The Morgan fingerprint density at radius 2 is 0.655 bits per heavy atom. The van der Waals surface area contributed by atoms with E-state index in [2.05, 4.69) is 48.5 Å². The average molecular weight is 474 g/mol. The predicted molar refractivity (Wildman–Crippen MR) is 138 cm³/mol. The molecular formula is C24H21Cl2P3. The van der Waals surface area contributed by atoms with E-state index in [0.29, 0.717) is 0 Å². The second kappa shape index (κ2) is 9.71. The quantitative estimate of drug-likeness (QED) is 0.261. The Kier molecular flexibility index (Phi) is 6.59. The van der Waals surface area contributed by atoms with Gasteiger partial charge in [0.25, 0.3) is 0 Å². The first-order valence-corrected chi connectivity index (χ1v) is 17.0. The van der Waals surface area contributed by atoms with Crippen molar-refractivity contribution in [3.05, 3.63) is 121 Å². The Labute approximate surface area is 186 Å². The van der Waals surface area contributed by atoms with Crippen molar-refractivity contribution in [1.29, 1.82) is 1.28 Å². The van der Waals surface area contributed by atoms with E-state index in [1.165, 1.54) is 0 Å². The molecule has 4 aromatic carbocycles. The topological polar surface area (TPSA) is 0 Å². The van der Waals surface area contributed by atoms with Crippen molar-refractivity contribution in [2.45, 2.75) is 0 Å². The molecule has 0 nitrogen and oxygen atoms in total. The predicted octanol–water partition coefficient (Wildman–Crippen LogP) is 7.14. The van der Waals surface area contributed by atoms with Gasteiger partial charge in [-0.2, -0.15) is 0 Å². The Morgan fingerprint density at radius 3 is 0.862 bits per heavy atom. The van der Waals surface area contributed by atoms with Gasteiger partial charge in [-0.15, -0.1) is 0 Å². The first-order chi connectivity index (χ1) is 14.5. The van der Waals surface area contributed by atoms with Gasteiger partial charge in [0.1, 0.15) is 0 Å². The summed E-state index contributed by atoms with van der Waals surface area (Å²) in [5.74, 6) is 0. The summed E-state index contributed by atoms with van der Waals surface area (Å²) in [6.45, 7) is 0. The fourth-order valence-electron chi connectivity index (χ4n) is 3.22. The SMILES string of the molecule is [2H]P(Cl)(Cl)(P(c1ccccc1)c1ccccc1)P(c1ccccc1)c1ccccc1. The van der Waals surface area contributed by atoms with E-state index in [9.17, 15) is 1.28 Å². The third-order valence-electron chi connectivity index (χ3n) is 4.48. The Morgan fingerprint density at radius 1 is 0.448 bits per heavy atom. The van der Waals surface area contributed by atoms with Gasteiger partial charge in [0.2, 0.25) is 0 Å². The van der Waals surface area contributed by atoms with Crippen LogP contribution in [0.2, 0.25) is 0 Å². The fourth-order valence-corrected chi connectivity index (χ4v) is 24.0. The number of hydrogen-bond donors (Lipinski definition) is 0. The first kappa shape index (κ1) is 19.7. The van der Waals surface area contributed by atoms with Crippen LogP contribution in [-0.4, -0.2) is 1.28 Å². The van der Waals surface area contributed by atoms with Gasteiger partial charge in [-0.3, -0.25) is 0 Å². The van der Waals surface area contributed by atoms with Crippen molar-refractivity contribution in [2.24, 2.45) is 0 Å². The first-order valence-electron chi connectivity index (χ1n) is 9.72. The molecule has 0 saturated heterocycles. The van der Waals surface area contributed by atoms with Crippen LogP contribution in [0.25, 0.3) is 0 Å². The molecule has 0 N–H and O–H groups in total. The Balaban J connectivity index is 1.99. The molecule has 4 rings (SSSR count). The molecule has 0 atom stereocenters. The molecule has 0 aromatic heterocycles. The van der Waals surface area contributed by atoms with Crippen LogP contribution in [0.15, 0.2) is 121 Å². The van der Waals surface area contributed by atoms with Crippen LogP contribution in [0.3, 0.4) is 0 Å². The molecule has 0 aliphatic rings. The molecule has 29 heavy (non-hydrogen) atoms. The normalized spacial score (nSPS) is 13.7. The van der Waals surface area contributed by atoms with E-state index < -0.39 is 20.5 Å². The van der Waals surface area contributed by atoms with Gasteiger partial charge in [-0.1, -0.05) is 0 Å². The maximum atomic E-state index is 9.86. The standard InChI is InChI=1S/C24H21Cl2P3/c25-29(26,27(21-13-5-1-6-14-21)22-15-7-2-8-16-22)28(23-17-9-3-10-18-23)24-19-11-4-12-20-24/h1-20,29H/i29D. The molecule has 0 spiro atoms. The molecule has 0 amide bonds. The van der Waals surface area contributed by atoms with Gasteiger partial charge in [-0.05, 0) is 0 Å². The molecule has 5 heteroatoms. The minimum atomic E-state index is -4.11. The van der Waals surface area contributed by atoms with E-state index in [0.717, 1.165) is 21.2 Å². The van der Waals surface area contributed by atoms with Gasteiger partial charge < -0.3 is 0 Å². The molecule has 0 unspecified atom stereocenters. The number of hydrogen-bond acceptors (Lipinski definition) is 0. The maximum absolute atomic E-state index is 9.86. The summed E-state index contributed by atoms with van der Waals surface area (Å²) in [6, 6.07) is 40.4. The zero-order valence-electron chi connectivity index (χ0n) is 16.6. The molecular weight excluding hydrogens is 452 g/mol. The van der Waals surface area contributed by atoms with Gasteiger partial charge in [0.05, 0.1) is 0 Å². The van der Waals surface area contributed by atoms with Crippen molar-refractivity contribution in [1.82, 2.24) is 0 Å². The molecule has 0 aliphatic carbocycles. The van der Waals surface area contributed by atoms with Gasteiger partial charge in [-0.25, -0.2) is 0 Å². The summed E-state index contributed by atoms with van der Waals surface area (Å²) in [6.07, 6.45) is 0. The third-order valence-corrected chi connectivity index (χ3v) is 22.9. The Bertz CT molecular complexity index is 920. The zero-order valence-corrected chi connectivity index (χ0v) is 19.8. The molecule has 0 bridgehead atoms. The summed E-state index contributed by atoms with van der Waals surface area (Å²) in [7, 11) is -2.61. The summed E-state index contributed by atoms with van der Waals surface area (Å²) < 4.78 is 9.86. The van der Waals surface area contributed by atoms with Crippen LogP contribution in [0.4, 0.5) is 0 Å². The van der Waals surface area contributed by atoms with Gasteiger partial charge >= 0.3 is 187 Å². The van der Waals surface area contributed by atoms with E-state index in [1.807, 2.05) is 72.8 Å². The van der Waals surface area contributed by atoms with E-state index in [4.69, 9.17) is 22.5 Å². The van der Waals surface area contributed by atoms with Crippen LogP contribution in [0.1, 0.15) is 0 Å².